The van der Waals surface area contributed by atoms with Crippen LogP contribution in [0.5, 0.6) is 0 Å². The number of benzene rings is 1. The Hall–Kier alpha value is -2.15. The van der Waals surface area contributed by atoms with E-state index in [1.807, 2.05) is 33.8 Å². The molecule has 2 amide bonds. The standard InChI is InChI=1S/C22H34FN3O3/c1-16(20(27)24(5)15-17-8-7-9-18(23)14-17)26-12-10-19(11-13-26)25(6)21(28)29-22(2,3)4/h7-9,14,16,19H,10-13,15H2,1-6H3. The molecule has 0 bridgehead atoms. The molecule has 1 unspecified atom stereocenters. The van der Waals surface area contributed by atoms with Gasteiger partial charge in [-0.2, -0.15) is 0 Å². The third kappa shape index (κ3) is 6.70. The van der Waals surface area contributed by atoms with Gasteiger partial charge in [-0.15, -0.1) is 0 Å². The molecule has 1 saturated heterocycles. The van der Waals surface area contributed by atoms with Gasteiger partial charge in [-0.05, 0) is 58.2 Å². The van der Waals surface area contributed by atoms with Crippen LogP contribution in [-0.4, -0.2) is 71.6 Å². The first kappa shape index (κ1) is 23.1. The lowest BCUT2D eigenvalue weighted by atomic mass is 10.0. The number of halogens is 1. The van der Waals surface area contributed by atoms with Gasteiger partial charge in [0.15, 0.2) is 0 Å². The molecule has 1 aliphatic rings. The molecular formula is C22H34FN3O3. The van der Waals surface area contributed by atoms with Crippen LogP contribution in [0, 0.1) is 5.82 Å². The van der Waals surface area contributed by atoms with Gasteiger partial charge in [0.2, 0.25) is 5.91 Å². The number of nitrogens with zero attached hydrogens (tertiary/aromatic N) is 3. The van der Waals surface area contributed by atoms with E-state index in [1.165, 1.54) is 12.1 Å². The summed E-state index contributed by atoms with van der Waals surface area (Å²) in [6.07, 6.45) is 1.27. The van der Waals surface area contributed by atoms with Crippen LogP contribution in [0.3, 0.4) is 0 Å². The first-order valence-electron chi connectivity index (χ1n) is 10.2. The molecule has 1 atom stereocenters. The van der Waals surface area contributed by atoms with Crippen molar-refractivity contribution in [3.8, 4) is 0 Å². The zero-order valence-electron chi connectivity index (χ0n) is 18.4. The van der Waals surface area contributed by atoms with Gasteiger partial charge in [-0.25, -0.2) is 9.18 Å². The second-order valence-corrected chi connectivity index (χ2v) is 8.86. The molecule has 0 aromatic heterocycles. The van der Waals surface area contributed by atoms with E-state index >= 15 is 0 Å². The van der Waals surface area contributed by atoms with E-state index in [0.29, 0.717) is 6.54 Å². The van der Waals surface area contributed by atoms with Crippen molar-refractivity contribution in [3.63, 3.8) is 0 Å². The van der Waals surface area contributed by atoms with E-state index in [4.69, 9.17) is 4.74 Å². The number of ether oxygens (including phenoxy) is 1. The van der Waals surface area contributed by atoms with Gasteiger partial charge in [-0.3, -0.25) is 9.69 Å². The Morgan fingerprint density at radius 2 is 1.86 bits per heavy atom. The highest BCUT2D eigenvalue weighted by molar-refractivity contribution is 5.81. The Morgan fingerprint density at radius 1 is 1.24 bits per heavy atom. The number of hydrogen-bond acceptors (Lipinski definition) is 4. The molecule has 2 rings (SSSR count). The molecule has 29 heavy (non-hydrogen) atoms. The van der Waals surface area contributed by atoms with E-state index < -0.39 is 5.60 Å². The van der Waals surface area contributed by atoms with E-state index in [-0.39, 0.29) is 29.9 Å². The van der Waals surface area contributed by atoms with E-state index in [0.717, 1.165) is 31.5 Å². The van der Waals surface area contributed by atoms with Crippen molar-refractivity contribution in [1.82, 2.24) is 14.7 Å². The summed E-state index contributed by atoms with van der Waals surface area (Å²) in [5.74, 6) is -0.291. The number of likely N-dealkylation sites (N-methyl/N-ethyl adjacent to an activating group) is 1. The normalized spacial score (nSPS) is 16.9. The monoisotopic (exact) mass is 407 g/mol. The van der Waals surface area contributed by atoms with Gasteiger partial charge >= 0.3 is 6.09 Å². The quantitative estimate of drug-likeness (QED) is 0.750. The van der Waals surface area contributed by atoms with Gasteiger partial charge in [0.25, 0.3) is 0 Å². The minimum Gasteiger partial charge on any atom is -0.444 e. The van der Waals surface area contributed by atoms with Crippen LogP contribution in [0.25, 0.3) is 0 Å². The first-order valence-corrected chi connectivity index (χ1v) is 10.2. The smallest absolute Gasteiger partial charge is 0.410 e. The summed E-state index contributed by atoms with van der Waals surface area (Å²) in [5, 5.41) is 0. The van der Waals surface area contributed by atoms with Crippen LogP contribution in [0.4, 0.5) is 9.18 Å². The summed E-state index contributed by atoms with van der Waals surface area (Å²) in [6, 6.07) is 6.15. The summed E-state index contributed by atoms with van der Waals surface area (Å²) in [7, 11) is 3.52. The molecule has 162 valence electrons. The third-order valence-electron chi connectivity index (χ3n) is 5.32. The average molecular weight is 408 g/mol. The van der Waals surface area contributed by atoms with Crippen LogP contribution in [-0.2, 0) is 16.1 Å². The number of hydrogen-bond donors (Lipinski definition) is 0. The molecule has 7 heteroatoms. The molecule has 1 heterocycles. The number of piperidine rings is 1. The third-order valence-corrected chi connectivity index (χ3v) is 5.32. The molecule has 0 aliphatic carbocycles. The van der Waals surface area contributed by atoms with Gasteiger partial charge in [0.1, 0.15) is 11.4 Å². The molecule has 6 nitrogen and oxygen atoms in total. The number of carbonyl (C=O) groups excluding carboxylic acids is 2. The molecule has 0 spiro atoms. The predicted octanol–water partition coefficient (Wildman–Crippen LogP) is 3.50. The van der Waals surface area contributed by atoms with Crippen LogP contribution in [0.1, 0.15) is 46.1 Å². The largest absolute Gasteiger partial charge is 0.444 e. The van der Waals surface area contributed by atoms with Crippen molar-refractivity contribution in [3.05, 3.63) is 35.6 Å². The summed E-state index contributed by atoms with van der Waals surface area (Å²) in [5.41, 5.74) is 0.255. The maximum atomic E-state index is 13.4. The number of amides is 2. The van der Waals surface area contributed by atoms with Gasteiger partial charge in [0.05, 0.1) is 6.04 Å². The molecular weight excluding hydrogens is 373 g/mol. The van der Waals surface area contributed by atoms with E-state index in [2.05, 4.69) is 4.90 Å². The first-order chi connectivity index (χ1) is 13.5. The molecule has 1 aromatic rings. The minimum atomic E-state index is -0.515. The Labute approximate surface area is 173 Å². The zero-order chi connectivity index (χ0) is 21.8. The van der Waals surface area contributed by atoms with Crippen LogP contribution < -0.4 is 0 Å². The SMILES string of the molecule is CC(C(=O)N(C)Cc1cccc(F)c1)N1CCC(N(C)C(=O)OC(C)(C)C)CC1. The van der Waals surface area contributed by atoms with Gasteiger partial charge in [-0.1, -0.05) is 12.1 Å². The molecule has 0 radical (unpaired) electrons. The lowest BCUT2D eigenvalue weighted by Gasteiger charge is -2.39. The maximum absolute atomic E-state index is 13.4. The minimum absolute atomic E-state index is 0.00760. The second-order valence-electron chi connectivity index (χ2n) is 8.86. The number of carbonyl (C=O) groups is 2. The summed E-state index contributed by atoms with van der Waals surface area (Å²) in [4.78, 5) is 30.5. The Kier molecular flexibility index (Phi) is 7.63. The lowest BCUT2D eigenvalue weighted by Crippen LogP contribution is -2.52. The van der Waals surface area contributed by atoms with E-state index in [1.54, 1.807) is 30.0 Å². The molecule has 1 fully saturated rings. The van der Waals surface area contributed by atoms with Crippen molar-refractivity contribution in [2.45, 2.75) is 64.8 Å². The maximum Gasteiger partial charge on any atom is 0.410 e. The van der Waals surface area contributed by atoms with Crippen molar-refractivity contribution in [1.29, 1.82) is 0 Å². The summed E-state index contributed by atoms with van der Waals surface area (Å²) < 4.78 is 18.8. The van der Waals surface area contributed by atoms with Gasteiger partial charge < -0.3 is 14.5 Å². The lowest BCUT2D eigenvalue weighted by molar-refractivity contribution is -0.136. The topological polar surface area (TPSA) is 53.1 Å². The number of rotatable bonds is 5. The van der Waals surface area contributed by atoms with Gasteiger partial charge in [0, 0.05) is 39.8 Å². The van der Waals surface area contributed by atoms with E-state index in [9.17, 15) is 14.0 Å². The Balaban J connectivity index is 1.86. The fourth-order valence-electron chi connectivity index (χ4n) is 3.61. The fraction of sp³-hybridized carbons (Fsp3) is 0.636. The van der Waals surface area contributed by atoms with Crippen molar-refractivity contribution in [2.24, 2.45) is 0 Å². The molecule has 0 saturated carbocycles. The molecule has 1 aromatic carbocycles. The molecule has 1 aliphatic heterocycles. The average Bonchev–Trinajstić information content (AvgIpc) is 2.65. The summed E-state index contributed by atoms with van der Waals surface area (Å²) in [6.45, 7) is 9.32. The zero-order valence-corrected chi connectivity index (χ0v) is 18.4. The van der Waals surface area contributed by atoms with Crippen molar-refractivity contribution in [2.75, 3.05) is 27.2 Å². The van der Waals surface area contributed by atoms with Crippen LogP contribution in [0.2, 0.25) is 0 Å². The second kappa shape index (κ2) is 9.57. The highest BCUT2D eigenvalue weighted by Crippen LogP contribution is 2.20. The number of likely N-dealkylation sites (tertiary alicyclic amines) is 1. The van der Waals surface area contributed by atoms with Crippen LogP contribution in [0.15, 0.2) is 24.3 Å². The highest BCUT2D eigenvalue weighted by atomic mass is 19.1. The summed E-state index contributed by atoms with van der Waals surface area (Å²) >= 11 is 0. The highest BCUT2D eigenvalue weighted by Gasteiger charge is 2.32. The molecule has 0 N–H and O–H groups in total. The Morgan fingerprint density at radius 3 is 2.41 bits per heavy atom. The van der Waals surface area contributed by atoms with Crippen molar-refractivity contribution >= 4 is 12.0 Å². The van der Waals surface area contributed by atoms with Crippen molar-refractivity contribution < 1.29 is 18.7 Å². The fourth-order valence-corrected chi connectivity index (χ4v) is 3.61. The predicted molar refractivity (Wildman–Crippen MR) is 111 cm³/mol. The Bertz CT molecular complexity index is 711. The van der Waals surface area contributed by atoms with Crippen LogP contribution >= 0.6 is 0 Å².